The van der Waals surface area contributed by atoms with Crippen LogP contribution in [0, 0.1) is 10.1 Å². The molecule has 0 bridgehead atoms. The molecule has 0 aliphatic rings. The number of aryl methyl sites for hydroxylation is 1. The van der Waals surface area contributed by atoms with Gasteiger partial charge in [-0.3, -0.25) is 10.1 Å². The summed E-state index contributed by atoms with van der Waals surface area (Å²) in [5, 5.41) is 10.6. The summed E-state index contributed by atoms with van der Waals surface area (Å²) in [5.41, 5.74) is 6.54. The van der Waals surface area contributed by atoms with Crippen molar-refractivity contribution < 1.29 is 4.92 Å². The first-order valence-corrected chi connectivity index (χ1v) is 4.59. The summed E-state index contributed by atoms with van der Waals surface area (Å²) in [6, 6.07) is 6.86. The van der Waals surface area contributed by atoms with Crippen LogP contribution in [0.3, 0.4) is 0 Å². The lowest BCUT2D eigenvalue weighted by molar-refractivity contribution is -0.385. The van der Waals surface area contributed by atoms with Crippen LogP contribution in [0.5, 0.6) is 0 Å². The van der Waals surface area contributed by atoms with Gasteiger partial charge in [0.05, 0.1) is 4.92 Å². The molecule has 4 heteroatoms. The van der Waals surface area contributed by atoms with Crippen molar-refractivity contribution in [3.05, 3.63) is 39.9 Å². The molecule has 0 fully saturated rings. The second-order valence-corrected chi connectivity index (χ2v) is 3.40. The predicted molar refractivity (Wildman–Crippen MR) is 55.1 cm³/mol. The Morgan fingerprint density at radius 3 is 2.71 bits per heavy atom. The van der Waals surface area contributed by atoms with Gasteiger partial charge in [-0.1, -0.05) is 18.2 Å². The third-order valence-electron chi connectivity index (χ3n) is 2.06. The van der Waals surface area contributed by atoms with E-state index in [9.17, 15) is 10.1 Å². The highest BCUT2D eigenvalue weighted by atomic mass is 16.6. The molecule has 0 aliphatic carbocycles. The van der Waals surface area contributed by atoms with Crippen molar-refractivity contribution in [2.24, 2.45) is 5.73 Å². The lowest BCUT2D eigenvalue weighted by atomic mass is 10.1. The van der Waals surface area contributed by atoms with Crippen molar-refractivity contribution in [2.75, 3.05) is 0 Å². The molecule has 4 nitrogen and oxygen atoms in total. The van der Waals surface area contributed by atoms with E-state index in [1.807, 2.05) is 13.0 Å². The molecule has 1 aromatic rings. The smallest absolute Gasteiger partial charge is 0.272 e. The van der Waals surface area contributed by atoms with Crippen LogP contribution in [0.25, 0.3) is 0 Å². The van der Waals surface area contributed by atoms with Gasteiger partial charge in [0.25, 0.3) is 5.69 Å². The molecular formula is C10H14N2O2. The van der Waals surface area contributed by atoms with E-state index in [1.165, 1.54) is 6.07 Å². The predicted octanol–water partition coefficient (Wildman–Crippen LogP) is 1.87. The van der Waals surface area contributed by atoms with E-state index >= 15 is 0 Å². The van der Waals surface area contributed by atoms with Crippen LogP contribution in [0.15, 0.2) is 24.3 Å². The van der Waals surface area contributed by atoms with E-state index in [0.29, 0.717) is 6.42 Å². The topological polar surface area (TPSA) is 69.2 Å². The average Bonchev–Trinajstić information content (AvgIpc) is 2.15. The molecule has 0 aliphatic heterocycles. The summed E-state index contributed by atoms with van der Waals surface area (Å²) in [4.78, 5) is 10.3. The van der Waals surface area contributed by atoms with Gasteiger partial charge < -0.3 is 5.73 Å². The van der Waals surface area contributed by atoms with Crippen molar-refractivity contribution in [1.29, 1.82) is 0 Å². The van der Waals surface area contributed by atoms with Gasteiger partial charge in [-0.15, -0.1) is 0 Å². The third-order valence-corrected chi connectivity index (χ3v) is 2.06. The van der Waals surface area contributed by atoms with Crippen LogP contribution in [0.2, 0.25) is 0 Å². The third kappa shape index (κ3) is 2.81. The Morgan fingerprint density at radius 1 is 1.50 bits per heavy atom. The standard InChI is InChI=1S/C10H14N2O2/c1-8(11)6-7-9-4-2-3-5-10(9)12(13)14/h2-5,8H,6-7,11H2,1H3/t8-/m0/s1. The summed E-state index contributed by atoms with van der Waals surface area (Å²) in [7, 11) is 0. The van der Waals surface area contributed by atoms with Crippen molar-refractivity contribution in [3.63, 3.8) is 0 Å². The molecule has 1 rings (SSSR count). The number of hydrogen-bond donors (Lipinski definition) is 1. The maximum absolute atomic E-state index is 10.6. The molecule has 0 heterocycles. The molecule has 76 valence electrons. The molecule has 0 aromatic heterocycles. The lowest BCUT2D eigenvalue weighted by Crippen LogP contribution is -2.15. The second-order valence-electron chi connectivity index (χ2n) is 3.40. The zero-order chi connectivity index (χ0) is 10.6. The van der Waals surface area contributed by atoms with Crippen LogP contribution in [0.4, 0.5) is 5.69 Å². The van der Waals surface area contributed by atoms with Gasteiger partial charge in [0, 0.05) is 17.7 Å². The molecule has 1 aromatic carbocycles. The summed E-state index contributed by atoms with van der Waals surface area (Å²) >= 11 is 0. The van der Waals surface area contributed by atoms with E-state index in [0.717, 1.165) is 12.0 Å². The highest BCUT2D eigenvalue weighted by Gasteiger charge is 2.11. The van der Waals surface area contributed by atoms with Gasteiger partial charge in [0.15, 0.2) is 0 Å². The van der Waals surface area contributed by atoms with E-state index in [1.54, 1.807) is 12.1 Å². The SMILES string of the molecule is C[C@H](N)CCc1ccccc1[N+](=O)[O-]. The Bertz CT molecular complexity index is 324. The first-order valence-electron chi connectivity index (χ1n) is 4.59. The van der Waals surface area contributed by atoms with E-state index in [4.69, 9.17) is 5.73 Å². The highest BCUT2D eigenvalue weighted by Crippen LogP contribution is 2.19. The van der Waals surface area contributed by atoms with Crippen molar-refractivity contribution in [1.82, 2.24) is 0 Å². The Kier molecular flexibility index (Phi) is 3.59. The minimum Gasteiger partial charge on any atom is -0.328 e. The van der Waals surface area contributed by atoms with Crippen LogP contribution >= 0.6 is 0 Å². The Hall–Kier alpha value is -1.42. The molecule has 0 unspecified atom stereocenters. The van der Waals surface area contributed by atoms with Gasteiger partial charge in [-0.25, -0.2) is 0 Å². The van der Waals surface area contributed by atoms with Gasteiger partial charge in [-0.2, -0.15) is 0 Å². The minimum atomic E-state index is -0.351. The summed E-state index contributed by atoms with van der Waals surface area (Å²) in [5.74, 6) is 0. The monoisotopic (exact) mass is 194 g/mol. The number of benzene rings is 1. The quantitative estimate of drug-likeness (QED) is 0.587. The summed E-state index contributed by atoms with van der Waals surface area (Å²) in [6.07, 6.45) is 1.43. The zero-order valence-corrected chi connectivity index (χ0v) is 8.14. The first-order chi connectivity index (χ1) is 6.61. The van der Waals surface area contributed by atoms with Gasteiger partial charge in [-0.05, 0) is 19.8 Å². The van der Waals surface area contributed by atoms with Crippen molar-refractivity contribution in [2.45, 2.75) is 25.8 Å². The molecule has 0 radical (unpaired) electrons. The fraction of sp³-hybridized carbons (Fsp3) is 0.400. The minimum absolute atomic E-state index is 0.0785. The van der Waals surface area contributed by atoms with Crippen LogP contribution in [-0.2, 0) is 6.42 Å². The highest BCUT2D eigenvalue weighted by molar-refractivity contribution is 5.39. The van der Waals surface area contributed by atoms with Gasteiger partial charge >= 0.3 is 0 Å². The number of nitro benzene ring substituents is 1. The Labute approximate surface area is 82.9 Å². The number of hydrogen-bond acceptors (Lipinski definition) is 3. The van der Waals surface area contributed by atoms with Crippen LogP contribution < -0.4 is 5.73 Å². The fourth-order valence-electron chi connectivity index (χ4n) is 1.28. The number of nitrogens with two attached hydrogens (primary N) is 1. The molecule has 0 saturated carbocycles. The van der Waals surface area contributed by atoms with Crippen LogP contribution in [-0.4, -0.2) is 11.0 Å². The fourth-order valence-corrected chi connectivity index (χ4v) is 1.28. The van der Waals surface area contributed by atoms with E-state index < -0.39 is 0 Å². The maximum atomic E-state index is 10.6. The Balaban J connectivity index is 2.79. The zero-order valence-electron chi connectivity index (χ0n) is 8.14. The molecular weight excluding hydrogens is 180 g/mol. The van der Waals surface area contributed by atoms with Crippen molar-refractivity contribution in [3.8, 4) is 0 Å². The molecule has 1 atom stereocenters. The van der Waals surface area contributed by atoms with Crippen LogP contribution in [0.1, 0.15) is 18.9 Å². The van der Waals surface area contributed by atoms with Crippen molar-refractivity contribution >= 4 is 5.69 Å². The molecule has 2 N–H and O–H groups in total. The van der Waals surface area contributed by atoms with Gasteiger partial charge in [0.1, 0.15) is 0 Å². The summed E-state index contributed by atoms with van der Waals surface area (Å²) in [6.45, 7) is 1.90. The number of para-hydroxylation sites is 1. The second kappa shape index (κ2) is 4.72. The number of nitro groups is 1. The Morgan fingerprint density at radius 2 is 2.14 bits per heavy atom. The number of rotatable bonds is 4. The van der Waals surface area contributed by atoms with E-state index in [2.05, 4.69) is 0 Å². The van der Waals surface area contributed by atoms with Gasteiger partial charge in [0.2, 0.25) is 0 Å². The molecule has 0 spiro atoms. The largest absolute Gasteiger partial charge is 0.328 e. The summed E-state index contributed by atoms with van der Waals surface area (Å²) < 4.78 is 0. The number of nitrogens with zero attached hydrogens (tertiary/aromatic N) is 1. The molecule has 0 saturated heterocycles. The van der Waals surface area contributed by atoms with E-state index in [-0.39, 0.29) is 16.7 Å². The normalized spacial score (nSPS) is 12.4. The molecule has 14 heavy (non-hydrogen) atoms. The lowest BCUT2D eigenvalue weighted by Gasteiger charge is -2.05. The average molecular weight is 194 g/mol. The first kappa shape index (κ1) is 10.7. The molecule has 0 amide bonds. The maximum Gasteiger partial charge on any atom is 0.272 e.